The molecular formula is C26H19N3O3. The van der Waals surface area contributed by atoms with Gasteiger partial charge >= 0.3 is 5.69 Å². The number of nitrogens with one attached hydrogen (secondary N) is 1. The Morgan fingerprint density at radius 2 is 1.59 bits per heavy atom. The van der Waals surface area contributed by atoms with Crippen LogP contribution >= 0.6 is 0 Å². The second-order valence-electron chi connectivity index (χ2n) is 7.34. The Bertz CT molecular complexity index is 1580. The van der Waals surface area contributed by atoms with Crippen LogP contribution in [-0.4, -0.2) is 15.9 Å². The number of rotatable bonds is 5. The predicted molar refractivity (Wildman–Crippen MR) is 127 cm³/mol. The van der Waals surface area contributed by atoms with Crippen LogP contribution in [0.15, 0.2) is 106 Å². The van der Waals surface area contributed by atoms with Gasteiger partial charge in [-0.1, -0.05) is 66.7 Å². The Labute approximate surface area is 183 Å². The maximum Gasteiger partial charge on any atom is 0.349 e. The van der Waals surface area contributed by atoms with E-state index in [4.69, 9.17) is 4.74 Å². The molecule has 1 heterocycles. The van der Waals surface area contributed by atoms with Crippen LogP contribution in [0.25, 0.3) is 21.7 Å². The van der Waals surface area contributed by atoms with Crippen molar-refractivity contribution in [1.29, 1.82) is 0 Å². The summed E-state index contributed by atoms with van der Waals surface area (Å²) >= 11 is 0. The van der Waals surface area contributed by atoms with Crippen LogP contribution in [0.1, 0.15) is 11.1 Å². The number of aromatic amines is 1. The summed E-state index contributed by atoms with van der Waals surface area (Å²) in [6, 6.07) is 28.5. The van der Waals surface area contributed by atoms with Gasteiger partial charge in [-0.2, -0.15) is 5.10 Å². The van der Waals surface area contributed by atoms with E-state index in [2.05, 4.69) is 28.3 Å². The molecule has 0 aliphatic carbocycles. The number of nitrogens with zero attached hydrogens (tertiary/aromatic N) is 2. The summed E-state index contributed by atoms with van der Waals surface area (Å²) in [4.78, 5) is 27.6. The number of para-hydroxylation sites is 1. The Morgan fingerprint density at radius 1 is 0.844 bits per heavy atom. The smallest absolute Gasteiger partial charge is 0.349 e. The summed E-state index contributed by atoms with van der Waals surface area (Å²) in [5.41, 5.74) is 1.23. The number of H-pyrrole nitrogens is 1. The molecule has 0 saturated carbocycles. The summed E-state index contributed by atoms with van der Waals surface area (Å²) in [6.07, 6.45) is 1.47. The fourth-order valence-electron chi connectivity index (χ4n) is 3.65. The van der Waals surface area contributed by atoms with Crippen LogP contribution in [-0.2, 0) is 6.61 Å². The molecule has 0 saturated heterocycles. The lowest BCUT2D eigenvalue weighted by molar-refractivity contribution is 0.307. The summed E-state index contributed by atoms with van der Waals surface area (Å²) in [6.45, 7) is 0.422. The summed E-state index contributed by atoms with van der Waals surface area (Å²) < 4.78 is 6.83. The van der Waals surface area contributed by atoms with Gasteiger partial charge in [0, 0.05) is 0 Å². The molecule has 0 unspecified atom stereocenters. The van der Waals surface area contributed by atoms with Gasteiger partial charge in [0.2, 0.25) is 0 Å². The maximum atomic E-state index is 12.6. The van der Waals surface area contributed by atoms with Crippen LogP contribution in [0, 0.1) is 0 Å². The molecule has 5 rings (SSSR count). The SMILES string of the molecule is O=c1[nH]c2ccccc2c(=O)n1N=Cc1cccc(OCc2cccc3ccccc23)c1. The molecule has 32 heavy (non-hydrogen) atoms. The van der Waals surface area contributed by atoms with Gasteiger partial charge in [0.05, 0.1) is 17.1 Å². The summed E-state index contributed by atoms with van der Waals surface area (Å²) in [7, 11) is 0. The molecule has 5 aromatic rings. The molecule has 0 fully saturated rings. The molecular weight excluding hydrogens is 402 g/mol. The topological polar surface area (TPSA) is 76.5 Å². The molecule has 0 amide bonds. The minimum atomic E-state index is -0.590. The fourth-order valence-corrected chi connectivity index (χ4v) is 3.65. The lowest BCUT2D eigenvalue weighted by Crippen LogP contribution is -2.32. The average molecular weight is 421 g/mol. The van der Waals surface area contributed by atoms with Crippen molar-refractivity contribution in [2.24, 2.45) is 5.10 Å². The fraction of sp³-hybridized carbons (Fsp3) is 0.0385. The molecule has 6 heteroatoms. The van der Waals surface area contributed by atoms with E-state index in [9.17, 15) is 9.59 Å². The highest BCUT2D eigenvalue weighted by atomic mass is 16.5. The first-order valence-electron chi connectivity index (χ1n) is 10.2. The molecule has 0 bridgehead atoms. The highest BCUT2D eigenvalue weighted by Gasteiger charge is 2.06. The van der Waals surface area contributed by atoms with Crippen molar-refractivity contribution in [3.63, 3.8) is 0 Å². The largest absolute Gasteiger partial charge is 0.489 e. The van der Waals surface area contributed by atoms with Gasteiger partial charge in [0.15, 0.2) is 0 Å². The first kappa shape index (κ1) is 19.5. The number of hydrogen-bond donors (Lipinski definition) is 1. The summed E-state index contributed by atoms with van der Waals surface area (Å²) in [5.74, 6) is 0.668. The predicted octanol–water partition coefficient (Wildman–Crippen LogP) is 4.30. The molecule has 1 N–H and O–H groups in total. The zero-order valence-corrected chi connectivity index (χ0v) is 17.1. The van der Waals surface area contributed by atoms with Crippen LogP contribution in [0.4, 0.5) is 0 Å². The third-order valence-electron chi connectivity index (χ3n) is 5.24. The zero-order valence-electron chi connectivity index (χ0n) is 17.1. The highest BCUT2D eigenvalue weighted by Crippen LogP contribution is 2.21. The lowest BCUT2D eigenvalue weighted by atomic mass is 10.1. The number of hydrogen-bond acceptors (Lipinski definition) is 4. The second-order valence-corrected chi connectivity index (χ2v) is 7.34. The van der Waals surface area contributed by atoms with E-state index in [0.717, 1.165) is 15.6 Å². The summed E-state index contributed by atoms with van der Waals surface area (Å²) in [5, 5.41) is 6.83. The maximum absolute atomic E-state index is 12.6. The van der Waals surface area contributed by atoms with Gasteiger partial charge in [0.1, 0.15) is 12.4 Å². The van der Waals surface area contributed by atoms with E-state index < -0.39 is 11.2 Å². The molecule has 4 aromatic carbocycles. The van der Waals surface area contributed by atoms with E-state index in [1.165, 1.54) is 11.6 Å². The van der Waals surface area contributed by atoms with E-state index >= 15 is 0 Å². The van der Waals surface area contributed by atoms with E-state index in [-0.39, 0.29) is 0 Å². The first-order valence-corrected chi connectivity index (χ1v) is 10.2. The number of fused-ring (bicyclic) bond motifs is 2. The van der Waals surface area contributed by atoms with Crippen molar-refractivity contribution in [1.82, 2.24) is 9.66 Å². The van der Waals surface area contributed by atoms with Crippen molar-refractivity contribution in [2.75, 3.05) is 0 Å². The second kappa shape index (κ2) is 8.35. The third kappa shape index (κ3) is 3.81. The molecule has 0 radical (unpaired) electrons. The average Bonchev–Trinajstić information content (AvgIpc) is 2.83. The quantitative estimate of drug-likeness (QED) is 0.430. The van der Waals surface area contributed by atoms with Crippen LogP contribution in [0.3, 0.4) is 0 Å². The van der Waals surface area contributed by atoms with Gasteiger partial charge in [-0.15, -0.1) is 4.68 Å². The van der Waals surface area contributed by atoms with E-state index in [0.29, 0.717) is 28.8 Å². The van der Waals surface area contributed by atoms with Gasteiger partial charge in [-0.25, -0.2) is 4.79 Å². The van der Waals surface area contributed by atoms with Crippen molar-refractivity contribution in [2.45, 2.75) is 6.61 Å². The molecule has 0 aliphatic heterocycles. The van der Waals surface area contributed by atoms with Crippen LogP contribution < -0.4 is 16.0 Å². The van der Waals surface area contributed by atoms with Crippen molar-refractivity contribution >= 4 is 27.9 Å². The van der Waals surface area contributed by atoms with Gasteiger partial charge in [0.25, 0.3) is 5.56 Å². The van der Waals surface area contributed by atoms with Crippen LogP contribution in [0.2, 0.25) is 0 Å². The Balaban J connectivity index is 1.39. The van der Waals surface area contributed by atoms with E-state index in [1.54, 1.807) is 24.3 Å². The van der Waals surface area contributed by atoms with Gasteiger partial charge < -0.3 is 9.72 Å². The lowest BCUT2D eigenvalue weighted by Gasteiger charge is -2.09. The first-order chi connectivity index (χ1) is 15.7. The van der Waals surface area contributed by atoms with Gasteiger partial charge in [-0.3, -0.25) is 4.79 Å². The van der Waals surface area contributed by atoms with Gasteiger partial charge in [-0.05, 0) is 46.2 Å². The molecule has 156 valence electrons. The normalized spacial score (nSPS) is 11.4. The van der Waals surface area contributed by atoms with Crippen molar-refractivity contribution in [3.8, 4) is 5.75 Å². The monoisotopic (exact) mass is 421 g/mol. The Morgan fingerprint density at radius 3 is 2.50 bits per heavy atom. The van der Waals surface area contributed by atoms with E-state index in [1.807, 2.05) is 48.5 Å². The van der Waals surface area contributed by atoms with Crippen LogP contribution in [0.5, 0.6) is 5.75 Å². The molecule has 0 aliphatic rings. The molecule has 1 aromatic heterocycles. The molecule has 6 nitrogen and oxygen atoms in total. The van der Waals surface area contributed by atoms with Crippen molar-refractivity contribution in [3.05, 3.63) is 123 Å². The molecule has 0 atom stereocenters. The minimum Gasteiger partial charge on any atom is -0.489 e. The Kier molecular flexibility index (Phi) is 5.09. The standard InChI is InChI=1S/C26H19N3O3/c30-25-23-13-3-4-14-24(23)28-26(31)29(25)27-16-18-7-5-11-21(15-18)32-17-20-10-6-9-19-8-1-2-12-22(19)20/h1-16H,17H2,(H,28,31). The van der Waals surface area contributed by atoms with Crippen molar-refractivity contribution < 1.29 is 4.74 Å². The number of benzene rings is 4. The third-order valence-corrected chi connectivity index (χ3v) is 5.24. The Hall–Kier alpha value is -4.45. The zero-order chi connectivity index (χ0) is 21.9. The highest BCUT2D eigenvalue weighted by molar-refractivity contribution is 5.85. The number of aromatic nitrogens is 2. The minimum absolute atomic E-state index is 0.399. The number of ether oxygens (including phenoxy) is 1. The molecule has 0 spiro atoms.